The van der Waals surface area contributed by atoms with Crippen molar-refractivity contribution in [3.05, 3.63) is 64.8 Å². The minimum absolute atomic E-state index is 0.0950. The molecule has 1 aromatic heterocycles. The van der Waals surface area contributed by atoms with Crippen molar-refractivity contribution < 1.29 is 9.59 Å². The zero-order valence-corrected chi connectivity index (χ0v) is 17.0. The fraction of sp³-hybridized carbons (Fsp3) is 0.227. The summed E-state index contributed by atoms with van der Waals surface area (Å²) in [5.41, 5.74) is 2.59. The fourth-order valence-electron chi connectivity index (χ4n) is 2.67. The standard InChI is InChI=1S/C22H22ClN3O2/c1-13-18(11-14-10-15(23)8-9-19(14)24-13)20(27)25-16-6-5-7-17(12-16)26-21(28)22(2,3)4/h5-12H,1-4H3,(H,25,27)(H,26,28). The van der Waals surface area contributed by atoms with Crippen LogP contribution >= 0.6 is 11.6 Å². The predicted molar refractivity (Wildman–Crippen MR) is 114 cm³/mol. The Bertz CT molecular complexity index is 1070. The molecule has 0 unspecified atom stereocenters. The zero-order valence-electron chi connectivity index (χ0n) is 16.3. The Labute approximate surface area is 169 Å². The largest absolute Gasteiger partial charge is 0.326 e. The summed E-state index contributed by atoms with van der Waals surface area (Å²) < 4.78 is 0. The number of benzene rings is 2. The molecule has 0 spiro atoms. The van der Waals surface area contributed by atoms with Crippen LogP contribution in [-0.4, -0.2) is 16.8 Å². The fourth-order valence-corrected chi connectivity index (χ4v) is 2.85. The van der Waals surface area contributed by atoms with E-state index in [2.05, 4.69) is 15.6 Å². The highest BCUT2D eigenvalue weighted by Crippen LogP contribution is 2.23. The van der Waals surface area contributed by atoms with Crippen LogP contribution in [0.25, 0.3) is 10.9 Å². The van der Waals surface area contributed by atoms with Gasteiger partial charge in [-0.15, -0.1) is 0 Å². The first-order valence-corrected chi connectivity index (χ1v) is 9.31. The second-order valence-corrected chi connectivity index (χ2v) is 8.13. The Morgan fingerprint density at radius 3 is 2.32 bits per heavy atom. The Balaban J connectivity index is 1.83. The van der Waals surface area contributed by atoms with E-state index < -0.39 is 5.41 Å². The van der Waals surface area contributed by atoms with Crippen LogP contribution in [0.15, 0.2) is 48.5 Å². The molecule has 0 aliphatic carbocycles. The van der Waals surface area contributed by atoms with Crippen LogP contribution in [0.1, 0.15) is 36.8 Å². The summed E-state index contributed by atoms with van der Waals surface area (Å²) in [4.78, 5) is 29.4. The number of rotatable bonds is 3. The number of aromatic nitrogens is 1. The Morgan fingerprint density at radius 1 is 0.964 bits per heavy atom. The third-order valence-electron chi connectivity index (χ3n) is 4.27. The molecule has 0 aliphatic rings. The van der Waals surface area contributed by atoms with Gasteiger partial charge in [-0.2, -0.15) is 0 Å². The second-order valence-electron chi connectivity index (χ2n) is 7.70. The van der Waals surface area contributed by atoms with E-state index in [4.69, 9.17) is 11.6 Å². The summed E-state index contributed by atoms with van der Waals surface area (Å²) in [6, 6.07) is 14.2. The third-order valence-corrected chi connectivity index (χ3v) is 4.51. The van der Waals surface area contributed by atoms with Crippen molar-refractivity contribution in [2.24, 2.45) is 5.41 Å². The van der Waals surface area contributed by atoms with Crippen molar-refractivity contribution in [3.63, 3.8) is 0 Å². The van der Waals surface area contributed by atoms with Crippen molar-refractivity contribution in [2.45, 2.75) is 27.7 Å². The maximum Gasteiger partial charge on any atom is 0.257 e. The third kappa shape index (κ3) is 4.49. The molecule has 0 atom stereocenters. The molecule has 2 N–H and O–H groups in total. The van der Waals surface area contributed by atoms with Crippen molar-refractivity contribution >= 4 is 45.7 Å². The van der Waals surface area contributed by atoms with E-state index in [-0.39, 0.29) is 11.8 Å². The summed E-state index contributed by atoms with van der Waals surface area (Å²) in [6.45, 7) is 7.32. The number of fused-ring (bicyclic) bond motifs is 1. The number of anilines is 2. The normalized spacial score (nSPS) is 11.3. The predicted octanol–water partition coefficient (Wildman–Crippen LogP) is 5.43. The number of aryl methyl sites for hydroxylation is 1. The molecule has 3 aromatic rings. The van der Waals surface area contributed by atoms with E-state index in [1.807, 2.05) is 26.8 Å². The number of hydrogen-bond acceptors (Lipinski definition) is 3. The van der Waals surface area contributed by atoms with Crippen molar-refractivity contribution in [2.75, 3.05) is 10.6 Å². The van der Waals surface area contributed by atoms with Crippen molar-refractivity contribution in [1.29, 1.82) is 0 Å². The smallest absolute Gasteiger partial charge is 0.257 e. The van der Waals surface area contributed by atoms with Gasteiger partial charge < -0.3 is 10.6 Å². The first kappa shape index (κ1) is 19.8. The number of carbonyl (C=O) groups excluding carboxylic acids is 2. The lowest BCUT2D eigenvalue weighted by atomic mass is 9.95. The van der Waals surface area contributed by atoms with Crippen LogP contribution in [0.5, 0.6) is 0 Å². The highest BCUT2D eigenvalue weighted by atomic mass is 35.5. The number of nitrogens with one attached hydrogen (secondary N) is 2. The molecular weight excluding hydrogens is 374 g/mol. The summed E-state index contributed by atoms with van der Waals surface area (Å²) in [5, 5.41) is 7.12. The average Bonchev–Trinajstić information content (AvgIpc) is 2.61. The van der Waals surface area contributed by atoms with Crippen LogP contribution in [0.2, 0.25) is 5.02 Å². The van der Waals surface area contributed by atoms with E-state index >= 15 is 0 Å². The highest BCUT2D eigenvalue weighted by molar-refractivity contribution is 6.31. The summed E-state index contributed by atoms with van der Waals surface area (Å²) in [6.07, 6.45) is 0. The number of hydrogen-bond donors (Lipinski definition) is 2. The average molecular weight is 396 g/mol. The number of halogens is 1. The first-order chi connectivity index (χ1) is 13.1. The number of amides is 2. The van der Waals surface area contributed by atoms with Gasteiger partial charge in [0.25, 0.3) is 5.91 Å². The molecule has 2 aromatic carbocycles. The molecule has 0 radical (unpaired) electrons. The SMILES string of the molecule is Cc1nc2ccc(Cl)cc2cc1C(=O)Nc1cccc(NC(=O)C(C)(C)C)c1. The highest BCUT2D eigenvalue weighted by Gasteiger charge is 2.21. The molecule has 0 saturated heterocycles. The lowest BCUT2D eigenvalue weighted by molar-refractivity contribution is -0.123. The molecule has 3 rings (SSSR count). The minimum atomic E-state index is -0.506. The summed E-state index contributed by atoms with van der Waals surface area (Å²) in [5.74, 6) is -0.367. The van der Waals surface area contributed by atoms with E-state index in [1.165, 1.54) is 0 Å². The lowest BCUT2D eigenvalue weighted by Crippen LogP contribution is -2.27. The van der Waals surface area contributed by atoms with Gasteiger partial charge in [0.2, 0.25) is 5.91 Å². The van der Waals surface area contributed by atoms with Gasteiger partial charge in [-0.3, -0.25) is 14.6 Å². The Kier molecular flexibility index (Phi) is 5.38. The molecule has 0 saturated carbocycles. The second kappa shape index (κ2) is 7.60. The molecule has 6 heteroatoms. The monoisotopic (exact) mass is 395 g/mol. The molecule has 2 amide bonds. The molecule has 5 nitrogen and oxygen atoms in total. The van der Waals surface area contributed by atoms with E-state index in [9.17, 15) is 9.59 Å². The zero-order chi connectivity index (χ0) is 20.5. The van der Waals surface area contributed by atoms with Gasteiger partial charge in [-0.1, -0.05) is 38.4 Å². The van der Waals surface area contributed by atoms with Crippen LogP contribution in [-0.2, 0) is 4.79 Å². The van der Waals surface area contributed by atoms with E-state index in [0.29, 0.717) is 27.7 Å². The first-order valence-electron chi connectivity index (χ1n) is 8.93. The van der Waals surface area contributed by atoms with Crippen molar-refractivity contribution in [1.82, 2.24) is 4.98 Å². The number of pyridine rings is 1. The van der Waals surface area contributed by atoms with Gasteiger partial charge in [-0.05, 0) is 49.4 Å². The molecule has 0 bridgehead atoms. The van der Waals surface area contributed by atoms with Crippen LogP contribution in [0.4, 0.5) is 11.4 Å². The molecule has 28 heavy (non-hydrogen) atoms. The van der Waals surface area contributed by atoms with Gasteiger partial charge in [0.1, 0.15) is 0 Å². The van der Waals surface area contributed by atoms with E-state index in [1.54, 1.807) is 49.4 Å². The van der Waals surface area contributed by atoms with Gasteiger partial charge in [0.15, 0.2) is 0 Å². The molecule has 144 valence electrons. The van der Waals surface area contributed by atoms with Gasteiger partial charge in [-0.25, -0.2) is 0 Å². The quantitative estimate of drug-likeness (QED) is 0.620. The van der Waals surface area contributed by atoms with Crippen LogP contribution in [0, 0.1) is 12.3 Å². The van der Waals surface area contributed by atoms with Crippen molar-refractivity contribution in [3.8, 4) is 0 Å². The van der Waals surface area contributed by atoms with Crippen LogP contribution < -0.4 is 10.6 Å². The van der Waals surface area contributed by atoms with Gasteiger partial charge >= 0.3 is 0 Å². The maximum absolute atomic E-state index is 12.8. The maximum atomic E-state index is 12.8. The molecular formula is C22H22ClN3O2. The molecule has 1 heterocycles. The van der Waals surface area contributed by atoms with E-state index in [0.717, 1.165) is 10.9 Å². The molecule has 0 fully saturated rings. The summed E-state index contributed by atoms with van der Waals surface area (Å²) >= 11 is 6.05. The van der Waals surface area contributed by atoms with Crippen LogP contribution in [0.3, 0.4) is 0 Å². The Hall–Kier alpha value is -2.92. The number of nitrogens with zero attached hydrogens (tertiary/aromatic N) is 1. The number of carbonyl (C=O) groups is 2. The van der Waals surface area contributed by atoms with Gasteiger partial charge in [0.05, 0.1) is 16.8 Å². The topological polar surface area (TPSA) is 71.1 Å². The minimum Gasteiger partial charge on any atom is -0.326 e. The molecule has 0 aliphatic heterocycles. The lowest BCUT2D eigenvalue weighted by Gasteiger charge is -2.18. The van der Waals surface area contributed by atoms with Gasteiger partial charge in [0, 0.05) is 27.2 Å². The summed E-state index contributed by atoms with van der Waals surface area (Å²) in [7, 11) is 0. The Morgan fingerprint density at radius 2 is 1.64 bits per heavy atom.